The van der Waals surface area contributed by atoms with E-state index in [4.69, 9.17) is 4.74 Å². The molecule has 21 heavy (non-hydrogen) atoms. The molecular weight excluding hydrogens is 292 g/mol. The van der Waals surface area contributed by atoms with Gasteiger partial charge in [-0.05, 0) is 30.5 Å². The first kappa shape index (κ1) is 16.2. The van der Waals surface area contributed by atoms with Crippen LogP contribution < -0.4 is 5.32 Å². The number of nitrogens with one attached hydrogen (secondary N) is 1. The number of ether oxygens (including phenoxy) is 1. The number of aliphatic hydroxyl groups is 1. The maximum Gasteiger partial charge on any atom is 0.242 e. The van der Waals surface area contributed by atoms with Gasteiger partial charge in [-0.1, -0.05) is 6.07 Å². The molecule has 0 radical (unpaired) electrons. The Balaban J connectivity index is 2.19. The number of fused-ring (bicyclic) bond motifs is 1. The maximum atomic E-state index is 12.5. The summed E-state index contributed by atoms with van der Waals surface area (Å²) in [5.74, 6) is 0. The van der Waals surface area contributed by atoms with Gasteiger partial charge in [0, 0.05) is 32.9 Å². The van der Waals surface area contributed by atoms with E-state index >= 15 is 0 Å². The normalized spacial score (nSPS) is 16.4. The average molecular weight is 314 g/mol. The first-order chi connectivity index (χ1) is 9.95. The van der Waals surface area contributed by atoms with Crippen LogP contribution >= 0.6 is 0 Å². The third kappa shape index (κ3) is 3.74. The van der Waals surface area contributed by atoms with Crippen molar-refractivity contribution in [2.45, 2.75) is 23.8 Å². The summed E-state index contributed by atoms with van der Waals surface area (Å²) in [5.41, 5.74) is 2.02. The van der Waals surface area contributed by atoms with Crippen LogP contribution in [0, 0.1) is 0 Å². The minimum Gasteiger partial charge on any atom is -0.389 e. The molecule has 2 N–H and O–H groups in total. The molecule has 0 saturated heterocycles. The summed E-state index contributed by atoms with van der Waals surface area (Å²) in [5, 5.41) is 12.9. The number of aryl methyl sites for hydroxylation is 1. The van der Waals surface area contributed by atoms with Crippen molar-refractivity contribution >= 4 is 15.7 Å². The number of aliphatic hydroxyl groups excluding tert-OH is 1. The minimum absolute atomic E-state index is 0.000681. The van der Waals surface area contributed by atoms with E-state index in [0.29, 0.717) is 0 Å². The van der Waals surface area contributed by atoms with Crippen LogP contribution in [-0.4, -0.2) is 57.8 Å². The summed E-state index contributed by atoms with van der Waals surface area (Å²) < 4.78 is 31.0. The van der Waals surface area contributed by atoms with Gasteiger partial charge in [-0.3, -0.25) is 0 Å². The number of rotatable bonds is 6. The molecule has 1 aromatic carbocycles. The second kappa shape index (κ2) is 6.74. The quantitative estimate of drug-likeness (QED) is 0.807. The first-order valence-electron chi connectivity index (χ1n) is 6.95. The topological polar surface area (TPSA) is 78.9 Å². The van der Waals surface area contributed by atoms with Gasteiger partial charge in [0.2, 0.25) is 10.0 Å². The molecule has 118 valence electrons. The molecule has 0 aliphatic carbocycles. The van der Waals surface area contributed by atoms with Crippen molar-refractivity contribution in [2.75, 3.05) is 39.2 Å². The Labute approximate surface area is 125 Å². The molecule has 1 unspecified atom stereocenters. The summed E-state index contributed by atoms with van der Waals surface area (Å²) in [4.78, 5) is 0.239. The Morgan fingerprint density at radius 2 is 2.24 bits per heavy atom. The largest absolute Gasteiger partial charge is 0.389 e. The van der Waals surface area contributed by atoms with Gasteiger partial charge in [0.25, 0.3) is 0 Å². The van der Waals surface area contributed by atoms with Gasteiger partial charge in [-0.25, -0.2) is 8.42 Å². The molecule has 0 spiro atoms. The average Bonchev–Trinajstić information content (AvgIpc) is 2.46. The Morgan fingerprint density at radius 1 is 1.48 bits per heavy atom. The highest BCUT2D eigenvalue weighted by Gasteiger charge is 2.24. The zero-order chi connectivity index (χ0) is 15.5. The van der Waals surface area contributed by atoms with Crippen molar-refractivity contribution in [3.05, 3.63) is 23.8 Å². The monoisotopic (exact) mass is 314 g/mol. The van der Waals surface area contributed by atoms with Crippen LogP contribution in [0.5, 0.6) is 0 Å². The molecule has 1 atom stereocenters. The standard InChI is InChI=1S/C14H22N2O4S/c1-16(9-12(17)10-20-2)21(18,19)13-6-5-11-4-3-7-15-14(11)8-13/h5-6,8,12,15,17H,3-4,7,9-10H2,1-2H3. The second-order valence-corrected chi connectivity index (χ2v) is 7.29. The molecule has 7 heteroatoms. The van der Waals surface area contributed by atoms with Crippen molar-refractivity contribution < 1.29 is 18.3 Å². The van der Waals surface area contributed by atoms with E-state index in [1.807, 2.05) is 6.07 Å². The van der Waals surface area contributed by atoms with Crippen molar-refractivity contribution in [1.29, 1.82) is 0 Å². The predicted octanol–water partition coefficient (Wildman–Crippen LogP) is 0.672. The molecule has 6 nitrogen and oxygen atoms in total. The fraction of sp³-hybridized carbons (Fsp3) is 0.571. The SMILES string of the molecule is COCC(O)CN(C)S(=O)(=O)c1ccc2c(c1)NCCC2. The lowest BCUT2D eigenvalue weighted by Gasteiger charge is -2.22. The van der Waals surface area contributed by atoms with Crippen LogP contribution in [0.1, 0.15) is 12.0 Å². The van der Waals surface area contributed by atoms with Crippen molar-refractivity contribution in [3.8, 4) is 0 Å². The molecule has 0 amide bonds. The minimum atomic E-state index is -3.61. The number of hydrogen-bond acceptors (Lipinski definition) is 5. The molecule has 0 saturated carbocycles. The number of sulfonamides is 1. The molecule has 1 heterocycles. The molecule has 1 aliphatic heterocycles. The van der Waals surface area contributed by atoms with Gasteiger partial charge < -0.3 is 15.2 Å². The van der Waals surface area contributed by atoms with Crippen molar-refractivity contribution in [2.24, 2.45) is 0 Å². The Morgan fingerprint density at radius 3 is 2.95 bits per heavy atom. The summed E-state index contributed by atoms with van der Waals surface area (Å²) in [6.45, 7) is 0.963. The van der Waals surface area contributed by atoms with Gasteiger partial charge in [0.1, 0.15) is 0 Å². The fourth-order valence-electron chi connectivity index (χ4n) is 2.42. The van der Waals surface area contributed by atoms with Crippen LogP contribution in [0.3, 0.4) is 0 Å². The molecule has 0 aromatic heterocycles. The first-order valence-corrected chi connectivity index (χ1v) is 8.39. The second-order valence-electron chi connectivity index (χ2n) is 5.24. The Hall–Kier alpha value is -1.15. The molecule has 1 aliphatic rings. The van der Waals surface area contributed by atoms with E-state index < -0.39 is 16.1 Å². The zero-order valence-electron chi connectivity index (χ0n) is 12.4. The van der Waals surface area contributed by atoms with E-state index in [2.05, 4.69) is 5.32 Å². The molecule has 1 aromatic rings. The lowest BCUT2D eigenvalue weighted by atomic mass is 10.0. The van der Waals surface area contributed by atoms with Crippen LogP contribution in [-0.2, 0) is 21.2 Å². The van der Waals surface area contributed by atoms with E-state index in [0.717, 1.165) is 34.9 Å². The smallest absolute Gasteiger partial charge is 0.242 e. The summed E-state index contributed by atoms with van der Waals surface area (Å²) in [6, 6.07) is 5.15. The highest BCUT2D eigenvalue weighted by atomic mass is 32.2. The molecule has 2 rings (SSSR count). The highest BCUT2D eigenvalue weighted by molar-refractivity contribution is 7.89. The number of likely N-dealkylation sites (N-methyl/N-ethyl adjacent to an activating group) is 1. The third-order valence-corrected chi connectivity index (χ3v) is 5.37. The van der Waals surface area contributed by atoms with Crippen molar-refractivity contribution in [1.82, 2.24) is 4.31 Å². The van der Waals surface area contributed by atoms with Crippen molar-refractivity contribution in [3.63, 3.8) is 0 Å². The molecular formula is C14H22N2O4S. The van der Waals surface area contributed by atoms with Gasteiger partial charge in [0.15, 0.2) is 0 Å². The number of anilines is 1. The Kier molecular flexibility index (Phi) is 5.21. The van der Waals surface area contributed by atoms with Crippen LogP contribution in [0.4, 0.5) is 5.69 Å². The van der Waals surface area contributed by atoms with E-state index in [-0.39, 0.29) is 18.0 Å². The van der Waals surface area contributed by atoms with Gasteiger partial charge in [0.05, 0.1) is 17.6 Å². The number of nitrogens with zero attached hydrogens (tertiary/aromatic N) is 1. The Bertz CT molecular complexity index is 589. The number of hydrogen-bond donors (Lipinski definition) is 2. The number of methoxy groups -OCH3 is 1. The summed E-state index contributed by atoms with van der Waals surface area (Å²) >= 11 is 0. The highest BCUT2D eigenvalue weighted by Crippen LogP contribution is 2.26. The van der Waals surface area contributed by atoms with Gasteiger partial charge >= 0.3 is 0 Å². The van der Waals surface area contributed by atoms with Gasteiger partial charge in [-0.15, -0.1) is 0 Å². The van der Waals surface area contributed by atoms with Crippen LogP contribution in [0.2, 0.25) is 0 Å². The lowest BCUT2D eigenvalue weighted by molar-refractivity contribution is 0.0554. The summed E-state index contributed by atoms with van der Waals surface area (Å²) in [7, 11) is -0.684. The third-order valence-electron chi connectivity index (χ3n) is 3.55. The number of benzene rings is 1. The van der Waals surface area contributed by atoms with E-state index in [9.17, 15) is 13.5 Å². The predicted molar refractivity (Wildman–Crippen MR) is 81.0 cm³/mol. The molecule has 0 bridgehead atoms. The maximum absolute atomic E-state index is 12.5. The fourth-order valence-corrected chi connectivity index (χ4v) is 3.66. The van der Waals surface area contributed by atoms with Crippen LogP contribution in [0.15, 0.2) is 23.1 Å². The lowest BCUT2D eigenvalue weighted by Crippen LogP contribution is -2.36. The van der Waals surface area contributed by atoms with Gasteiger partial charge in [-0.2, -0.15) is 4.31 Å². The summed E-state index contributed by atoms with van der Waals surface area (Å²) in [6.07, 6.45) is 1.18. The van der Waals surface area contributed by atoms with E-state index in [1.165, 1.54) is 14.2 Å². The van der Waals surface area contributed by atoms with E-state index in [1.54, 1.807) is 12.1 Å². The zero-order valence-corrected chi connectivity index (χ0v) is 13.2. The molecule has 0 fully saturated rings. The van der Waals surface area contributed by atoms with Crippen LogP contribution in [0.25, 0.3) is 0 Å².